The Morgan fingerprint density at radius 3 is 1.50 bits per heavy atom. The number of aliphatic hydroxyl groups excluding tert-OH is 1. The first kappa shape index (κ1) is 16.4. The zero-order chi connectivity index (χ0) is 16.6. The Labute approximate surface area is 124 Å². The van der Waals surface area contributed by atoms with Crippen molar-refractivity contribution in [2.45, 2.75) is 62.5 Å². The van der Waals surface area contributed by atoms with Crippen LogP contribution in [0.1, 0.15) is 38.5 Å². The van der Waals surface area contributed by atoms with Gasteiger partial charge in [0.2, 0.25) is 0 Å². The van der Waals surface area contributed by atoms with Crippen LogP contribution in [0.15, 0.2) is 0 Å². The SMILES string of the molecule is OC(C12CC3CC(CC(C3)C1)C2)C(F)(F)C(O)(O)C(F)(F)F. The molecule has 0 heterocycles. The summed E-state index contributed by atoms with van der Waals surface area (Å²) in [5, 5.41) is 28.0. The molecule has 4 fully saturated rings. The molecule has 128 valence electrons. The zero-order valence-electron chi connectivity index (χ0n) is 11.8. The zero-order valence-corrected chi connectivity index (χ0v) is 11.8. The maximum Gasteiger partial charge on any atom is 0.449 e. The fourth-order valence-electron chi connectivity index (χ4n) is 5.28. The van der Waals surface area contributed by atoms with E-state index in [1.807, 2.05) is 0 Å². The Morgan fingerprint density at radius 2 is 1.18 bits per heavy atom. The molecule has 0 radical (unpaired) electrons. The van der Waals surface area contributed by atoms with Crippen LogP contribution in [0.5, 0.6) is 0 Å². The molecule has 3 N–H and O–H groups in total. The number of rotatable bonds is 3. The van der Waals surface area contributed by atoms with Crippen molar-refractivity contribution in [1.29, 1.82) is 0 Å². The summed E-state index contributed by atoms with van der Waals surface area (Å²) in [6.45, 7) is 0. The van der Waals surface area contributed by atoms with E-state index in [9.17, 15) is 27.1 Å². The second kappa shape index (κ2) is 4.54. The van der Waals surface area contributed by atoms with Crippen molar-refractivity contribution in [2.24, 2.45) is 23.2 Å². The highest BCUT2D eigenvalue weighted by atomic mass is 19.4. The van der Waals surface area contributed by atoms with Gasteiger partial charge in [-0.2, -0.15) is 22.0 Å². The van der Waals surface area contributed by atoms with Crippen LogP contribution in [0.2, 0.25) is 0 Å². The van der Waals surface area contributed by atoms with E-state index >= 15 is 0 Å². The third-order valence-corrected chi connectivity index (χ3v) is 5.87. The van der Waals surface area contributed by atoms with Gasteiger partial charge < -0.3 is 15.3 Å². The maximum absolute atomic E-state index is 14.1. The van der Waals surface area contributed by atoms with E-state index in [0.29, 0.717) is 0 Å². The quantitative estimate of drug-likeness (QED) is 0.550. The first-order chi connectivity index (χ1) is 9.89. The van der Waals surface area contributed by atoms with Crippen LogP contribution >= 0.6 is 0 Å². The van der Waals surface area contributed by atoms with Crippen molar-refractivity contribution >= 4 is 0 Å². The van der Waals surface area contributed by atoms with Crippen LogP contribution < -0.4 is 0 Å². The molecule has 0 spiro atoms. The Bertz CT molecular complexity index is 423. The van der Waals surface area contributed by atoms with Gasteiger partial charge in [-0.05, 0) is 56.3 Å². The van der Waals surface area contributed by atoms with E-state index in [4.69, 9.17) is 10.2 Å². The first-order valence-electron chi connectivity index (χ1n) is 7.46. The minimum Gasteiger partial charge on any atom is -0.386 e. The standard InChI is InChI=1S/C14H19F5O3/c15-12(16,13(21,22)14(17,18)19)10(20)11-4-7-1-8(5-11)3-9(2-7)6-11/h7-10,20-22H,1-6H2. The van der Waals surface area contributed by atoms with Gasteiger partial charge in [-0.3, -0.25) is 0 Å². The smallest absolute Gasteiger partial charge is 0.386 e. The number of hydrogen-bond donors (Lipinski definition) is 3. The lowest BCUT2D eigenvalue weighted by atomic mass is 9.47. The summed E-state index contributed by atoms with van der Waals surface area (Å²) in [6, 6.07) is 0. The van der Waals surface area contributed by atoms with Crippen LogP contribution in [0.3, 0.4) is 0 Å². The third-order valence-electron chi connectivity index (χ3n) is 5.87. The van der Waals surface area contributed by atoms with E-state index in [-0.39, 0.29) is 37.0 Å². The fraction of sp³-hybridized carbons (Fsp3) is 1.00. The van der Waals surface area contributed by atoms with Crippen molar-refractivity contribution in [3.63, 3.8) is 0 Å². The van der Waals surface area contributed by atoms with Crippen LogP contribution in [0, 0.1) is 23.2 Å². The molecule has 8 heteroatoms. The summed E-state index contributed by atoms with van der Waals surface area (Å²) in [4.78, 5) is 0. The predicted octanol–water partition coefficient (Wildman–Crippen LogP) is 2.44. The van der Waals surface area contributed by atoms with Gasteiger partial charge in [0.25, 0.3) is 0 Å². The monoisotopic (exact) mass is 330 g/mol. The molecule has 0 aromatic rings. The topological polar surface area (TPSA) is 60.7 Å². The number of halogens is 5. The molecule has 4 bridgehead atoms. The molecule has 0 saturated heterocycles. The first-order valence-corrected chi connectivity index (χ1v) is 7.46. The normalized spacial score (nSPS) is 40.1. The van der Waals surface area contributed by atoms with Gasteiger partial charge in [-0.15, -0.1) is 0 Å². The van der Waals surface area contributed by atoms with Crippen molar-refractivity contribution in [3.8, 4) is 0 Å². The predicted molar refractivity (Wildman–Crippen MR) is 64.8 cm³/mol. The van der Waals surface area contributed by atoms with E-state index in [1.54, 1.807) is 0 Å². The lowest BCUT2D eigenvalue weighted by Crippen LogP contribution is -2.68. The molecule has 0 amide bonds. The van der Waals surface area contributed by atoms with Crippen molar-refractivity contribution in [1.82, 2.24) is 0 Å². The van der Waals surface area contributed by atoms with E-state index in [0.717, 1.165) is 19.3 Å². The highest BCUT2D eigenvalue weighted by molar-refractivity contribution is 5.10. The second-order valence-corrected chi connectivity index (χ2v) is 7.48. The highest BCUT2D eigenvalue weighted by Crippen LogP contribution is 2.63. The largest absolute Gasteiger partial charge is 0.449 e. The van der Waals surface area contributed by atoms with Gasteiger partial charge in [0.1, 0.15) is 6.10 Å². The maximum atomic E-state index is 14.1. The minimum atomic E-state index is -5.94. The molecule has 0 aromatic heterocycles. The summed E-state index contributed by atoms with van der Waals surface area (Å²) in [6.07, 6.45) is -5.40. The molecular weight excluding hydrogens is 311 g/mol. The van der Waals surface area contributed by atoms with Gasteiger partial charge in [0.05, 0.1) is 0 Å². The number of alkyl halides is 5. The summed E-state index contributed by atoms with van der Waals surface area (Å²) in [5.74, 6) is -9.90. The lowest BCUT2D eigenvalue weighted by Gasteiger charge is -2.59. The van der Waals surface area contributed by atoms with Gasteiger partial charge in [0, 0.05) is 5.41 Å². The number of aliphatic hydroxyl groups is 3. The molecule has 1 atom stereocenters. The summed E-state index contributed by atoms with van der Waals surface area (Å²) in [7, 11) is 0. The highest BCUT2D eigenvalue weighted by Gasteiger charge is 2.75. The summed E-state index contributed by atoms with van der Waals surface area (Å²) < 4.78 is 66.0. The van der Waals surface area contributed by atoms with Crippen LogP contribution in [0.4, 0.5) is 22.0 Å². The Hall–Kier alpha value is -0.470. The van der Waals surface area contributed by atoms with E-state index in [2.05, 4.69) is 0 Å². The minimum absolute atomic E-state index is 0.134. The molecule has 1 unspecified atom stereocenters. The fourth-order valence-corrected chi connectivity index (χ4v) is 5.28. The molecule has 4 saturated carbocycles. The second-order valence-electron chi connectivity index (χ2n) is 7.48. The van der Waals surface area contributed by atoms with Gasteiger partial charge >= 0.3 is 17.9 Å². The Balaban J connectivity index is 1.91. The van der Waals surface area contributed by atoms with Crippen LogP contribution in [-0.2, 0) is 0 Å². The molecule has 0 aliphatic heterocycles. The Kier molecular flexibility index (Phi) is 3.38. The molecule has 4 rings (SSSR count). The third kappa shape index (κ3) is 2.10. The van der Waals surface area contributed by atoms with Crippen molar-refractivity contribution in [2.75, 3.05) is 0 Å². The van der Waals surface area contributed by atoms with E-state index < -0.39 is 29.4 Å². The molecule has 22 heavy (non-hydrogen) atoms. The molecule has 4 aliphatic carbocycles. The van der Waals surface area contributed by atoms with Gasteiger partial charge in [-0.25, -0.2) is 0 Å². The van der Waals surface area contributed by atoms with Crippen LogP contribution in [-0.4, -0.2) is 39.3 Å². The Morgan fingerprint density at radius 1 is 0.818 bits per heavy atom. The van der Waals surface area contributed by atoms with Gasteiger partial charge in [0.15, 0.2) is 0 Å². The lowest BCUT2D eigenvalue weighted by molar-refractivity contribution is -0.437. The van der Waals surface area contributed by atoms with Gasteiger partial charge in [-0.1, -0.05) is 0 Å². The molecular formula is C14H19F5O3. The average Bonchev–Trinajstić information content (AvgIpc) is 2.34. The van der Waals surface area contributed by atoms with Crippen LogP contribution in [0.25, 0.3) is 0 Å². The molecule has 3 nitrogen and oxygen atoms in total. The summed E-state index contributed by atoms with van der Waals surface area (Å²) in [5.41, 5.74) is -1.35. The van der Waals surface area contributed by atoms with E-state index in [1.165, 1.54) is 0 Å². The molecule has 0 aromatic carbocycles. The molecule has 4 aliphatic rings. The van der Waals surface area contributed by atoms with Crippen molar-refractivity contribution in [3.05, 3.63) is 0 Å². The summed E-state index contributed by atoms with van der Waals surface area (Å²) >= 11 is 0. The average molecular weight is 330 g/mol. The van der Waals surface area contributed by atoms with Crippen molar-refractivity contribution < 1.29 is 37.3 Å². The number of hydrogen-bond acceptors (Lipinski definition) is 3.